The highest BCUT2D eigenvalue weighted by Gasteiger charge is 2.24. The smallest absolute Gasteiger partial charge is 0.128 e. The molecule has 26 heavy (non-hydrogen) atoms. The van der Waals surface area contributed by atoms with Crippen LogP contribution in [0.15, 0.2) is 41.4 Å². The van der Waals surface area contributed by atoms with E-state index >= 15 is 0 Å². The van der Waals surface area contributed by atoms with Crippen molar-refractivity contribution in [3.63, 3.8) is 0 Å². The molecular formula is C20H21ClFN3O. The van der Waals surface area contributed by atoms with Gasteiger partial charge in [-0.05, 0) is 60.7 Å². The van der Waals surface area contributed by atoms with E-state index in [2.05, 4.69) is 16.4 Å². The number of anilines is 1. The van der Waals surface area contributed by atoms with Gasteiger partial charge < -0.3 is 15.8 Å². The first kappa shape index (κ1) is 17.3. The summed E-state index contributed by atoms with van der Waals surface area (Å²) in [7, 11) is 0. The van der Waals surface area contributed by atoms with Crippen LogP contribution in [0, 0.1) is 5.82 Å². The molecule has 0 fully saturated rings. The predicted molar refractivity (Wildman–Crippen MR) is 102 cm³/mol. The molecule has 2 aromatic rings. The molecule has 3 N–H and O–H groups in total. The minimum Gasteiger partial charge on any atom is -0.386 e. The van der Waals surface area contributed by atoms with E-state index in [9.17, 15) is 4.39 Å². The zero-order chi connectivity index (χ0) is 18.1. The standard InChI is InChI=1S/C20H21ClFN3O/c21-13-2-4-15-12(9-13)1-6-18(15)24-14-3-5-17(22)16(10-14)19-7-8-26-11-20(23)25-19/h2-5,9-10,18-19,24H,1,6-8,11H2,(H2,23,25)/t18?,19-/m0/s1. The van der Waals surface area contributed by atoms with Crippen molar-refractivity contribution in [2.75, 3.05) is 18.5 Å². The SMILES string of the molecule is NC1=N[C@H](c2cc(NC3CCc4cc(Cl)ccc43)ccc2F)CCOC1. The maximum absolute atomic E-state index is 14.4. The van der Waals surface area contributed by atoms with Crippen LogP contribution in [0.5, 0.6) is 0 Å². The topological polar surface area (TPSA) is 59.6 Å². The number of halogens is 2. The van der Waals surface area contributed by atoms with Crippen molar-refractivity contribution < 1.29 is 9.13 Å². The molecule has 0 saturated heterocycles. The summed E-state index contributed by atoms with van der Waals surface area (Å²) in [6, 6.07) is 11.0. The Kier molecular flexibility index (Phi) is 4.83. The first-order chi connectivity index (χ1) is 12.6. The Morgan fingerprint density at radius 3 is 2.92 bits per heavy atom. The minimum atomic E-state index is -0.311. The van der Waals surface area contributed by atoms with Gasteiger partial charge in [0.25, 0.3) is 0 Å². The van der Waals surface area contributed by atoms with Crippen molar-refractivity contribution in [3.05, 3.63) is 63.9 Å². The number of ether oxygens (including phenoxy) is 1. The van der Waals surface area contributed by atoms with Crippen molar-refractivity contribution >= 4 is 23.1 Å². The monoisotopic (exact) mass is 373 g/mol. The van der Waals surface area contributed by atoms with Gasteiger partial charge in [-0.2, -0.15) is 0 Å². The molecule has 2 aliphatic rings. The summed E-state index contributed by atoms with van der Waals surface area (Å²) in [6.07, 6.45) is 2.60. The molecular weight excluding hydrogens is 353 g/mol. The molecule has 0 saturated carbocycles. The summed E-state index contributed by atoms with van der Waals surface area (Å²) in [5.41, 5.74) is 9.79. The average molecular weight is 374 g/mol. The number of nitrogens with one attached hydrogen (secondary N) is 1. The molecule has 2 atom stereocenters. The van der Waals surface area contributed by atoms with E-state index in [1.807, 2.05) is 18.2 Å². The van der Waals surface area contributed by atoms with Gasteiger partial charge in [-0.25, -0.2) is 4.39 Å². The molecule has 4 rings (SSSR count). The van der Waals surface area contributed by atoms with Crippen molar-refractivity contribution in [1.82, 2.24) is 0 Å². The third-order valence-corrected chi connectivity index (χ3v) is 5.22. The van der Waals surface area contributed by atoms with E-state index in [1.54, 1.807) is 6.07 Å². The van der Waals surface area contributed by atoms with Crippen LogP contribution >= 0.6 is 11.6 Å². The first-order valence-corrected chi connectivity index (χ1v) is 9.22. The molecule has 0 amide bonds. The molecule has 136 valence electrons. The van der Waals surface area contributed by atoms with Crippen molar-refractivity contribution in [2.45, 2.75) is 31.3 Å². The number of hydrogen-bond donors (Lipinski definition) is 2. The third kappa shape index (κ3) is 3.55. The highest BCUT2D eigenvalue weighted by Crippen LogP contribution is 2.36. The quantitative estimate of drug-likeness (QED) is 0.838. The van der Waals surface area contributed by atoms with Gasteiger partial charge in [-0.1, -0.05) is 17.7 Å². The van der Waals surface area contributed by atoms with Crippen LogP contribution in [-0.2, 0) is 11.2 Å². The minimum absolute atomic E-state index is 0.201. The Hall–Kier alpha value is -2.11. The zero-order valence-electron chi connectivity index (χ0n) is 14.3. The summed E-state index contributed by atoms with van der Waals surface area (Å²) in [5.74, 6) is 0.143. The lowest BCUT2D eigenvalue weighted by atomic mass is 10.0. The number of rotatable bonds is 3. The summed E-state index contributed by atoms with van der Waals surface area (Å²) in [5, 5.41) is 4.29. The van der Waals surface area contributed by atoms with Gasteiger partial charge in [-0.15, -0.1) is 0 Å². The average Bonchev–Trinajstić information content (AvgIpc) is 2.87. The lowest BCUT2D eigenvalue weighted by molar-refractivity contribution is 0.169. The van der Waals surface area contributed by atoms with E-state index in [0.29, 0.717) is 31.0 Å². The number of fused-ring (bicyclic) bond motifs is 1. The fraction of sp³-hybridized carbons (Fsp3) is 0.350. The lowest BCUT2D eigenvalue weighted by Gasteiger charge is -2.18. The largest absolute Gasteiger partial charge is 0.386 e. The fourth-order valence-electron chi connectivity index (χ4n) is 3.72. The van der Waals surface area contributed by atoms with Crippen LogP contribution < -0.4 is 11.1 Å². The Balaban J connectivity index is 1.58. The second kappa shape index (κ2) is 7.25. The van der Waals surface area contributed by atoms with Crippen molar-refractivity contribution in [1.29, 1.82) is 0 Å². The van der Waals surface area contributed by atoms with Gasteiger partial charge in [0.15, 0.2) is 0 Å². The van der Waals surface area contributed by atoms with Crippen LogP contribution in [0.2, 0.25) is 5.02 Å². The van der Waals surface area contributed by atoms with E-state index in [1.165, 1.54) is 17.2 Å². The predicted octanol–water partition coefficient (Wildman–Crippen LogP) is 4.40. The number of hydrogen-bond acceptors (Lipinski definition) is 4. The fourth-order valence-corrected chi connectivity index (χ4v) is 3.92. The second-order valence-corrected chi connectivity index (χ2v) is 7.23. The molecule has 1 unspecified atom stereocenters. The van der Waals surface area contributed by atoms with Gasteiger partial charge in [0, 0.05) is 22.9 Å². The number of amidine groups is 1. The molecule has 1 heterocycles. The van der Waals surface area contributed by atoms with Gasteiger partial charge in [-0.3, -0.25) is 4.99 Å². The Labute approximate surface area is 157 Å². The van der Waals surface area contributed by atoms with Gasteiger partial charge in [0.1, 0.15) is 18.3 Å². The normalized spacial score (nSPS) is 22.5. The van der Waals surface area contributed by atoms with Gasteiger partial charge in [0.2, 0.25) is 0 Å². The van der Waals surface area contributed by atoms with Gasteiger partial charge >= 0.3 is 0 Å². The number of benzene rings is 2. The molecule has 0 radical (unpaired) electrons. The molecule has 0 spiro atoms. The van der Waals surface area contributed by atoms with Crippen LogP contribution in [0.4, 0.5) is 10.1 Å². The second-order valence-electron chi connectivity index (χ2n) is 6.79. The Bertz CT molecular complexity index is 855. The van der Waals surface area contributed by atoms with E-state index < -0.39 is 0 Å². The maximum Gasteiger partial charge on any atom is 0.128 e. The van der Waals surface area contributed by atoms with Crippen LogP contribution in [0.25, 0.3) is 0 Å². The summed E-state index contributed by atoms with van der Waals surface area (Å²) in [4.78, 5) is 4.41. The molecule has 1 aliphatic heterocycles. The summed E-state index contributed by atoms with van der Waals surface area (Å²) < 4.78 is 19.8. The van der Waals surface area contributed by atoms with Crippen LogP contribution in [0.3, 0.4) is 0 Å². The molecule has 4 nitrogen and oxygen atoms in total. The molecule has 0 bridgehead atoms. The van der Waals surface area contributed by atoms with E-state index in [-0.39, 0.29) is 17.9 Å². The van der Waals surface area contributed by atoms with Gasteiger partial charge in [0.05, 0.1) is 12.1 Å². The number of aliphatic imine (C=N–C) groups is 1. The first-order valence-electron chi connectivity index (χ1n) is 8.84. The maximum atomic E-state index is 14.4. The van der Waals surface area contributed by atoms with E-state index in [0.717, 1.165) is 23.6 Å². The third-order valence-electron chi connectivity index (χ3n) is 4.99. The highest BCUT2D eigenvalue weighted by atomic mass is 35.5. The summed E-state index contributed by atoms with van der Waals surface area (Å²) >= 11 is 6.09. The molecule has 1 aliphatic carbocycles. The Morgan fingerprint density at radius 1 is 1.15 bits per heavy atom. The lowest BCUT2D eigenvalue weighted by Crippen LogP contribution is -2.17. The Morgan fingerprint density at radius 2 is 2.04 bits per heavy atom. The molecule has 0 aromatic heterocycles. The highest BCUT2D eigenvalue weighted by molar-refractivity contribution is 6.30. The number of nitrogens with zero attached hydrogens (tertiary/aromatic N) is 1. The van der Waals surface area contributed by atoms with Crippen LogP contribution in [-0.4, -0.2) is 19.0 Å². The zero-order valence-corrected chi connectivity index (χ0v) is 15.1. The van der Waals surface area contributed by atoms with E-state index in [4.69, 9.17) is 22.1 Å². The van der Waals surface area contributed by atoms with Crippen molar-refractivity contribution in [3.8, 4) is 0 Å². The summed E-state index contributed by atoms with van der Waals surface area (Å²) in [6.45, 7) is 0.820. The number of nitrogens with two attached hydrogens (primary N) is 1. The van der Waals surface area contributed by atoms with Crippen molar-refractivity contribution in [2.24, 2.45) is 10.7 Å². The molecule has 2 aromatic carbocycles. The molecule has 6 heteroatoms. The van der Waals surface area contributed by atoms with Crippen LogP contribution in [0.1, 0.15) is 41.6 Å². The number of aryl methyl sites for hydroxylation is 1.